The Morgan fingerprint density at radius 2 is 1.81 bits per heavy atom. The van der Waals surface area contributed by atoms with E-state index >= 15 is 0 Å². The van der Waals surface area contributed by atoms with Crippen LogP contribution in [-0.2, 0) is 16.4 Å². The van der Waals surface area contributed by atoms with Gasteiger partial charge in [0.25, 0.3) is 0 Å². The third-order valence-corrected chi connectivity index (χ3v) is 6.13. The standard InChI is InChI=1S/C16H26N2O2S/c1-18(13-15-5-2-3-6-15)21(19,20)16-10-8-14(9-11-16)7-4-12-17/h8-11,15H,2-7,12-13,17H2,1H3. The molecular formula is C16H26N2O2S. The third-order valence-electron chi connectivity index (χ3n) is 4.29. The highest BCUT2D eigenvalue weighted by Crippen LogP contribution is 2.27. The summed E-state index contributed by atoms with van der Waals surface area (Å²) >= 11 is 0. The number of sulfonamides is 1. The Bertz CT molecular complexity index is 534. The fraction of sp³-hybridized carbons (Fsp3) is 0.625. The van der Waals surface area contributed by atoms with Gasteiger partial charge in [-0.15, -0.1) is 0 Å². The Kier molecular flexibility index (Phi) is 5.79. The lowest BCUT2D eigenvalue weighted by Crippen LogP contribution is -2.31. The predicted molar refractivity (Wildman–Crippen MR) is 85.6 cm³/mol. The fourth-order valence-corrected chi connectivity index (χ4v) is 4.22. The lowest BCUT2D eigenvalue weighted by molar-refractivity contribution is 0.387. The van der Waals surface area contributed by atoms with Gasteiger partial charge in [-0.05, 0) is 55.8 Å². The van der Waals surface area contributed by atoms with E-state index in [0.29, 0.717) is 23.9 Å². The lowest BCUT2D eigenvalue weighted by atomic mass is 10.1. The fourth-order valence-electron chi connectivity index (χ4n) is 2.97. The number of nitrogens with zero attached hydrogens (tertiary/aromatic N) is 1. The van der Waals surface area contributed by atoms with Gasteiger partial charge in [-0.2, -0.15) is 0 Å². The summed E-state index contributed by atoms with van der Waals surface area (Å²) in [6.45, 7) is 1.29. The van der Waals surface area contributed by atoms with E-state index in [0.717, 1.165) is 31.2 Å². The smallest absolute Gasteiger partial charge is 0.242 e. The minimum atomic E-state index is -3.36. The number of nitrogens with two attached hydrogens (primary N) is 1. The van der Waals surface area contributed by atoms with Crippen LogP contribution in [0, 0.1) is 5.92 Å². The molecule has 0 atom stereocenters. The molecule has 1 aliphatic rings. The van der Waals surface area contributed by atoms with Crippen LogP contribution >= 0.6 is 0 Å². The number of benzene rings is 1. The van der Waals surface area contributed by atoms with E-state index in [1.54, 1.807) is 19.2 Å². The van der Waals surface area contributed by atoms with Gasteiger partial charge >= 0.3 is 0 Å². The maximum atomic E-state index is 12.6. The van der Waals surface area contributed by atoms with Crippen LogP contribution in [0.1, 0.15) is 37.7 Å². The van der Waals surface area contributed by atoms with Crippen molar-refractivity contribution in [3.63, 3.8) is 0 Å². The first-order valence-electron chi connectivity index (χ1n) is 7.79. The number of hydrogen-bond donors (Lipinski definition) is 1. The van der Waals surface area contributed by atoms with Gasteiger partial charge in [-0.3, -0.25) is 0 Å². The van der Waals surface area contributed by atoms with Gasteiger partial charge in [0.15, 0.2) is 0 Å². The zero-order valence-electron chi connectivity index (χ0n) is 12.8. The second kappa shape index (κ2) is 7.38. The number of rotatable bonds is 7. The molecule has 4 nitrogen and oxygen atoms in total. The van der Waals surface area contributed by atoms with Crippen molar-refractivity contribution >= 4 is 10.0 Å². The van der Waals surface area contributed by atoms with E-state index in [1.807, 2.05) is 12.1 Å². The SMILES string of the molecule is CN(CC1CCCC1)S(=O)(=O)c1ccc(CCCN)cc1. The topological polar surface area (TPSA) is 63.4 Å². The molecule has 0 heterocycles. The molecule has 0 aromatic heterocycles. The van der Waals surface area contributed by atoms with Crippen molar-refractivity contribution in [1.82, 2.24) is 4.31 Å². The molecule has 1 aromatic carbocycles. The van der Waals surface area contributed by atoms with Crippen molar-refractivity contribution in [3.8, 4) is 0 Å². The van der Waals surface area contributed by atoms with Gasteiger partial charge in [0.05, 0.1) is 4.90 Å². The molecule has 0 saturated heterocycles. The molecule has 1 saturated carbocycles. The van der Waals surface area contributed by atoms with Gasteiger partial charge in [0, 0.05) is 13.6 Å². The van der Waals surface area contributed by atoms with Crippen LogP contribution in [0.5, 0.6) is 0 Å². The van der Waals surface area contributed by atoms with Crippen LogP contribution in [0.3, 0.4) is 0 Å². The van der Waals surface area contributed by atoms with E-state index in [2.05, 4.69) is 0 Å². The van der Waals surface area contributed by atoms with Crippen molar-refractivity contribution in [1.29, 1.82) is 0 Å². The van der Waals surface area contributed by atoms with Gasteiger partial charge in [0.1, 0.15) is 0 Å². The Morgan fingerprint density at radius 1 is 1.19 bits per heavy atom. The van der Waals surface area contributed by atoms with E-state index in [4.69, 9.17) is 5.73 Å². The van der Waals surface area contributed by atoms with Crippen LogP contribution in [0.15, 0.2) is 29.2 Å². The van der Waals surface area contributed by atoms with Crippen LogP contribution in [0.25, 0.3) is 0 Å². The molecule has 1 aliphatic carbocycles. The van der Waals surface area contributed by atoms with E-state index in [9.17, 15) is 8.42 Å². The highest BCUT2D eigenvalue weighted by Gasteiger charge is 2.25. The lowest BCUT2D eigenvalue weighted by Gasteiger charge is -2.20. The maximum Gasteiger partial charge on any atom is 0.242 e. The first kappa shape index (κ1) is 16.5. The van der Waals surface area contributed by atoms with E-state index in [1.165, 1.54) is 17.1 Å². The van der Waals surface area contributed by atoms with Crippen LogP contribution in [0.4, 0.5) is 0 Å². The summed E-state index contributed by atoms with van der Waals surface area (Å²) in [5.41, 5.74) is 6.63. The summed E-state index contributed by atoms with van der Waals surface area (Å²) in [6, 6.07) is 7.22. The molecular weight excluding hydrogens is 284 g/mol. The second-order valence-electron chi connectivity index (χ2n) is 5.97. The van der Waals surface area contributed by atoms with E-state index in [-0.39, 0.29) is 0 Å². The average molecular weight is 310 g/mol. The van der Waals surface area contributed by atoms with Crippen LogP contribution in [-0.4, -0.2) is 32.9 Å². The first-order valence-corrected chi connectivity index (χ1v) is 9.23. The van der Waals surface area contributed by atoms with Crippen LogP contribution in [0.2, 0.25) is 0 Å². The second-order valence-corrected chi connectivity index (χ2v) is 8.02. The molecule has 0 bridgehead atoms. The summed E-state index contributed by atoms with van der Waals surface area (Å²) in [5, 5.41) is 0. The van der Waals surface area contributed by atoms with Crippen molar-refractivity contribution in [2.75, 3.05) is 20.1 Å². The minimum Gasteiger partial charge on any atom is -0.330 e. The molecule has 1 aromatic rings. The third kappa shape index (κ3) is 4.28. The summed E-state index contributed by atoms with van der Waals surface area (Å²) in [7, 11) is -1.66. The molecule has 21 heavy (non-hydrogen) atoms. The van der Waals surface area contributed by atoms with E-state index < -0.39 is 10.0 Å². The molecule has 2 rings (SSSR count). The average Bonchev–Trinajstić information content (AvgIpc) is 2.98. The monoisotopic (exact) mass is 310 g/mol. The quantitative estimate of drug-likeness (QED) is 0.841. The molecule has 118 valence electrons. The van der Waals surface area contributed by atoms with Crippen LogP contribution < -0.4 is 5.73 Å². The number of aryl methyl sites for hydroxylation is 1. The van der Waals surface area contributed by atoms with Crippen molar-refractivity contribution in [3.05, 3.63) is 29.8 Å². The molecule has 0 amide bonds. The van der Waals surface area contributed by atoms with Gasteiger partial charge in [-0.25, -0.2) is 12.7 Å². The van der Waals surface area contributed by atoms with Crippen molar-refractivity contribution < 1.29 is 8.42 Å². The van der Waals surface area contributed by atoms with Gasteiger partial charge in [0.2, 0.25) is 10.0 Å². The first-order chi connectivity index (χ1) is 10.0. The Labute approximate surface area is 128 Å². The molecule has 0 spiro atoms. The highest BCUT2D eigenvalue weighted by atomic mass is 32.2. The largest absolute Gasteiger partial charge is 0.330 e. The Balaban J connectivity index is 2.03. The highest BCUT2D eigenvalue weighted by molar-refractivity contribution is 7.89. The maximum absolute atomic E-state index is 12.6. The molecule has 0 aliphatic heterocycles. The zero-order chi connectivity index (χ0) is 15.3. The normalized spacial score (nSPS) is 16.7. The van der Waals surface area contributed by atoms with Gasteiger partial charge < -0.3 is 5.73 Å². The molecule has 5 heteroatoms. The van der Waals surface area contributed by atoms with Gasteiger partial charge in [-0.1, -0.05) is 25.0 Å². The summed E-state index contributed by atoms with van der Waals surface area (Å²) in [4.78, 5) is 0.388. The zero-order valence-corrected chi connectivity index (χ0v) is 13.6. The number of hydrogen-bond acceptors (Lipinski definition) is 3. The molecule has 0 radical (unpaired) electrons. The van der Waals surface area contributed by atoms with Crippen molar-refractivity contribution in [2.45, 2.75) is 43.4 Å². The summed E-state index contributed by atoms with van der Waals surface area (Å²) < 4.78 is 26.6. The predicted octanol–water partition coefficient (Wildman–Crippen LogP) is 2.39. The minimum absolute atomic E-state index is 0.388. The summed E-state index contributed by atoms with van der Waals surface area (Å²) in [5.74, 6) is 0.522. The Hall–Kier alpha value is -0.910. The molecule has 1 fully saturated rings. The molecule has 2 N–H and O–H groups in total. The molecule has 0 unspecified atom stereocenters. The summed E-state index contributed by atoms with van der Waals surface area (Å²) in [6.07, 6.45) is 6.58. The Morgan fingerprint density at radius 3 is 2.38 bits per heavy atom. The van der Waals surface area contributed by atoms with Crippen molar-refractivity contribution in [2.24, 2.45) is 11.7 Å².